The number of rotatable bonds is 8. The summed E-state index contributed by atoms with van der Waals surface area (Å²) in [6.07, 6.45) is 7.34. The molecule has 0 bridgehead atoms. The van der Waals surface area contributed by atoms with E-state index in [4.69, 9.17) is 5.73 Å². The van der Waals surface area contributed by atoms with E-state index in [2.05, 4.69) is 25.6 Å². The number of hydrogen-bond donors (Lipinski definition) is 3. The van der Waals surface area contributed by atoms with E-state index in [9.17, 15) is 10.1 Å². The summed E-state index contributed by atoms with van der Waals surface area (Å²) >= 11 is 0. The number of nitrogens with two attached hydrogens (primary N) is 1. The summed E-state index contributed by atoms with van der Waals surface area (Å²) in [6.45, 7) is 1.85. The van der Waals surface area contributed by atoms with Crippen LogP contribution in [0.3, 0.4) is 0 Å². The van der Waals surface area contributed by atoms with Crippen molar-refractivity contribution in [3.05, 3.63) is 46.4 Å². The Balaban J connectivity index is 1.62. The van der Waals surface area contributed by atoms with Crippen LogP contribution in [0.5, 0.6) is 0 Å². The zero-order chi connectivity index (χ0) is 19.1. The average Bonchev–Trinajstić information content (AvgIpc) is 2.71. The fourth-order valence-corrected chi connectivity index (χ4v) is 3.31. The van der Waals surface area contributed by atoms with Crippen LogP contribution in [0.25, 0.3) is 0 Å². The number of aromatic nitrogens is 3. The van der Waals surface area contributed by atoms with Gasteiger partial charge in [-0.05, 0) is 56.2 Å². The monoisotopic (exact) mass is 371 g/mol. The highest BCUT2D eigenvalue weighted by molar-refractivity contribution is 5.57. The van der Waals surface area contributed by atoms with E-state index in [0.29, 0.717) is 30.9 Å². The van der Waals surface area contributed by atoms with Crippen molar-refractivity contribution in [3.63, 3.8) is 0 Å². The molecule has 1 aliphatic rings. The lowest BCUT2D eigenvalue weighted by Crippen LogP contribution is -2.25. The Morgan fingerprint density at radius 1 is 1.15 bits per heavy atom. The maximum absolute atomic E-state index is 11.3. The second-order valence-electron chi connectivity index (χ2n) is 6.86. The van der Waals surface area contributed by atoms with Crippen LogP contribution in [-0.4, -0.2) is 33.0 Å². The van der Waals surface area contributed by atoms with Crippen molar-refractivity contribution in [1.82, 2.24) is 15.0 Å². The third kappa shape index (κ3) is 5.33. The molecule has 1 saturated carbocycles. The van der Waals surface area contributed by atoms with Crippen LogP contribution in [0.15, 0.2) is 30.6 Å². The van der Waals surface area contributed by atoms with Crippen molar-refractivity contribution in [2.45, 2.75) is 32.2 Å². The van der Waals surface area contributed by atoms with E-state index >= 15 is 0 Å². The smallest absolute Gasteiger partial charge is 0.329 e. The molecule has 0 unspecified atom stereocenters. The summed E-state index contributed by atoms with van der Waals surface area (Å²) < 4.78 is 0. The Morgan fingerprint density at radius 2 is 1.93 bits per heavy atom. The molecule has 27 heavy (non-hydrogen) atoms. The number of nitrogens with one attached hydrogen (secondary N) is 2. The fraction of sp³-hybridized carbons (Fsp3) is 0.500. The second kappa shape index (κ2) is 9.22. The summed E-state index contributed by atoms with van der Waals surface area (Å²) in [5.41, 5.74) is 6.46. The summed E-state index contributed by atoms with van der Waals surface area (Å²) in [7, 11) is 0. The highest BCUT2D eigenvalue weighted by atomic mass is 16.6. The highest BCUT2D eigenvalue weighted by Crippen LogP contribution is 2.29. The van der Waals surface area contributed by atoms with Gasteiger partial charge in [0.15, 0.2) is 0 Å². The van der Waals surface area contributed by atoms with Crippen molar-refractivity contribution in [1.29, 1.82) is 0 Å². The number of pyridine rings is 1. The van der Waals surface area contributed by atoms with Crippen LogP contribution in [0.1, 0.15) is 31.4 Å². The topological polar surface area (TPSA) is 132 Å². The van der Waals surface area contributed by atoms with Gasteiger partial charge in [-0.25, -0.2) is 4.98 Å². The first-order chi connectivity index (χ1) is 13.2. The first kappa shape index (κ1) is 19.0. The molecular weight excluding hydrogens is 346 g/mol. The van der Waals surface area contributed by atoms with Gasteiger partial charge in [0.2, 0.25) is 11.8 Å². The predicted molar refractivity (Wildman–Crippen MR) is 103 cm³/mol. The van der Waals surface area contributed by atoms with E-state index in [1.54, 1.807) is 6.20 Å². The van der Waals surface area contributed by atoms with Gasteiger partial charge in [-0.2, -0.15) is 4.98 Å². The number of anilines is 2. The Hall–Kier alpha value is -2.81. The molecule has 1 aliphatic carbocycles. The molecule has 0 atom stereocenters. The number of nitro groups is 1. The van der Waals surface area contributed by atoms with Crippen LogP contribution in [0.2, 0.25) is 0 Å². The minimum atomic E-state index is -0.462. The molecule has 9 nitrogen and oxygen atoms in total. The predicted octanol–water partition coefficient (Wildman–Crippen LogP) is 2.57. The lowest BCUT2D eigenvalue weighted by molar-refractivity contribution is -0.384. The van der Waals surface area contributed by atoms with Gasteiger partial charge in [-0.3, -0.25) is 15.1 Å². The molecule has 3 rings (SSSR count). The van der Waals surface area contributed by atoms with Gasteiger partial charge in [0, 0.05) is 12.7 Å². The van der Waals surface area contributed by atoms with E-state index < -0.39 is 4.92 Å². The van der Waals surface area contributed by atoms with Crippen LogP contribution in [-0.2, 0) is 6.54 Å². The highest BCUT2D eigenvalue weighted by Gasteiger charge is 2.22. The summed E-state index contributed by atoms with van der Waals surface area (Å²) in [4.78, 5) is 23.4. The van der Waals surface area contributed by atoms with Crippen LogP contribution < -0.4 is 16.4 Å². The molecule has 2 aromatic rings. The van der Waals surface area contributed by atoms with Gasteiger partial charge >= 0.3 is 5.69 Å². The second-order valence-corrected chi connectivity index (χ2v) is 6.86. The number of nitrogens with zero attached hydrogens (tertiary/aromatic N) is 4. The van der Waals surface area contributed by atoms with Gasteiger partial charge in [-0.15, -0.1) is 0 Å². The Kier molecular flexibility index (Phi) is 6.48. The lowest BCUT2D eigenvalue weighted by atomic mass is 9.82. The van der Waals surface area contributed by atoms with Crippen molar-refractivity contribution < 1.29 is 4.92 Å². The largest absolute Gasteiger partial charge is 0.364 e. The first-order valence-corrected chi connectivity index (χ1v) is 9.25. The third-order valence-corrected chi connectivity index (χ3v) is 4.98. The molecule has 0 aromatic carbocycles. The molecule has 0 amide bonds. The van der Waals surface area contributed by atoms with E-state index in [1.165, 1.54) is 6.20 Å². The molecule has 0 aliphatic heterocycles. The van der Waals surface area contributed by atoms with E-state index in [0.717, 1.165) is 37.9 Å². The normalized spacial score (nSPS) is 19.4. The third-order valence-electron chi connectivity index (χ3n) is 4.98. The van der Waals surface area contributed by atoms with Crippen LogP contribution in [0, 0.1) is 22.0 Å². The minimum absolute atomic E-state index is 0.117. The van der Waals surface area contributed by atoms with Gasteiger partial charge in [-0.1, -0.05) is 6.07 Å². The molecule has 4 N–H and O–H groups in total. The minimum Gasteiger partial charge on any atom is -0.364 e. The van der Waals surface area contributed by atoms with Crippen LogP contribution >= 0.6 is 0 Å². The van der Waals surface area contributed by atoms with Crippen molar-refractivity contribution in [2.75, 3.05) is 23.7 Å². The average molecular weight is 371 g/mol. The maximum atomic E-state index is 11.3. The van der Waals surface area contributed by atoms with Gasteiger partial charge in [0.25, 0.3) is 0 Å². The van der Waals surface area contributed by atoms with E-state index in [1.807, 2.05) is 18.2 Å². The summed E-state index contributed by atoms with van der Waals surface area (Å²) in [6, 6.07) is 5.62. The lowest BCUT2D eigenvalue weighted by Gasteiger charge is -2.27. The van der Waals surface area contributed by atoms with Gasteiger partial charge < -0.3 is 16.4 Å². The summed E-state index contributed by atoms with van der Waals surface area (Å²) in [5.74, 6) is 1.67. The Morgan fingerprint density at radius 3 is 2.59 bits per heavy atom. The Bertz CT molecular complexity index is 749. The standard InChI is InChI=1S/C18H25N7O2/c19-9-13-4-6-14(7-5-13)10-21-17-16(25(26)27)12-23-18(24-17)22-11-15-3-1-2-8-20-15/h1-3,8,12-14H,4-7,9-11,19H2,(H2,21,22,23,24). The Labute approximate surface area is 158 Å². The van der Waals surface area contributed by atoms with Crippen LogP contribution in [0.4, 0.5) is 17.5 Å². The molecule has 2 aromatic heterocycles. The summed E-state index contributed by atoms with van der Waals surface area (Å²) in [5, 5.41) is 17.5. The molecule has 0 radical (unpaired) electrons. The molecule has 144 valence electrons. The molecule has 0 spiro atoms. The molecule has 2 heterocycles. The fourth-order valence-electron chi connectivity index (χ4n) is 3.31. The molecular formula is C18H25N7O2. The zero-order valence-electron chi connectivity index (χ0n) is 15.2. The van der Waals surface area contributed by atoms with Crippen molar-refractivity contribution in [3.8, 4) is 0 Å². The number of hydrogen-bond acceptors (Lipinski definition) is 8. The van der Waals surface area contributed by atoms with Crippen molar-refractivity contribution >= 4 is 17.5 Å². The van der Waals surface area contributed by atoms with Crippen molar-refractivity contribution in [2.24, 2.45) is 17.6 Å². The quantitative estimate of drug-likeness (QED) is 0.476. The molecule has 9 heteroatoms. The van der Waals surface area contributed by atoms with Gasteiger partial charge in [0.05, 0.1) is 17.2 Å². The van der Waals surface area contributed by atoms with Gasteiger partial charge in [0.1, 0.15) is 6.20 Å². The first-order valence-electron chi connectivity index (χ1n) is 9.25. The molecule has 0 saturated heterocycles. The van der Waals surface area contributed by atoms with E-state index in [-0.39, 0.29) is 11.5 Å². The molecule has 1 fully saturated rings. The SMILES string of the molecule is NCC1CCC(CNc2nc(NCc3ccccn3)ncc2[N+](=O)[O-])CC1. The zero-order valence-corrected chi connectivity index (χ0v) is 15.2. The maximum Gasteiger partial charge on any atom is 0.329 e.